The summed E-state index contributed by atoms with van der Waals surface area (Å²) in [5.74, 6) is 1.68. The summed E-state index contributed by atoms with van der Waals surface area (Å²) in [4.78, 5) is 10.8. The van der Waals surface area contributed by atoms with E-state index in [9.17, 15) is 10.2 Å². The van der Waals surface area contributed by atoms with Crippen LogP contribution in [0.5, 0.6) is 0 Å². The van der Waals surface area contributed by atoms with E-state index in [1.165, 1.54) is 6.42 Å². The second-order valence-corrected chi connectivity index (χ2v) is 6.65. The number of rotatable bonds is 6. The van der Waals surface area contributed by atoms with Gasteiger partial charge in [-0.1, -0.05) is 6.42 Å². The van der Waals surface area contributed by atoms with Gasteiger partial charge in [0, 0.05) is 24.6 Å². The molecule has 0 spiro atoms. The third-order valence-electron chi connectivity index (χ3n) is 5.18. The van der Waals surface area contributed by atoms with Gasteiger partial charge in [0.1, 0.15) is 18.0 Å². The number of hydrogen-bond donors (Lipinski definition) is 3. The van der Waals surface area contributed by atoms with E-state index in [0.29, 0.717) is 0 Å². The fourth-order valence-electron chi connectivity index (χ4n) is 3.44. The Morgan fingerprint density at radius 3 is 2.77 bits per heavy atom. The Morgan fingerprint density at radius 2 is 2.09 bits per heavy atom. The van der Waals surface area contributed by atoms with Crippen LogP contribution in [0.3, 0.4) is 0 Å². The summed E-state index contributed by atoms with van der Waals surface area (Å²) >= 11 is 0. The van der Waals surface area contributed by atoms with Crippen molar-refractivity contribution in [2.75, 3.05) is 36.5 Å². The van der Waals surface area contributed by atoms with Gasteiger partial charge < -0.3 is 20.4 Å². The van der Waals surface area contributed by atoms with Crippen molar-refractivity contribution in [2.45, 2.75) is 44.6 Å². The monoisotopic (exact) mass is 306 g/mol. The van der Waals surface area contributed by atoms with Gasteiger partial charge in [-0.25, -0.2) is 9.97 Å². The van der Waals surface area contributed by atoms with Gasteiger partial charge in [0.05, 0.1) is 19.3 Å². The molecule has 1 saturated carbocycles. The zero-order valence-corrected chi connectivity index (χ0v) is 13.0. The third kappa shape index (κ3) is 3.17. The number of nitrogens with zero attached hydrogens (tertiary/aromatic N) is 3. The second kappa shape index (κ2) is 6.79. The van der Waals surface area contributed by atoms with Crippen molar-refractivity contribution in [3.63, 3.8) is 0 Å². The Balaban J connectivity index is 1.66. The van der Waals surface area contributed by atoms with Gasteiger partial charge in [-0.15, -0.1) is 0 Å². The number of aliphatic hydroxyl groups is 2. The van der Waals surface area contributed by atoms with Crippen LogP contribution in [-0.4, -0.2) is 52.5 Å². The molecule has 22 heavy (non-hydrogen) atoms. The molecule has 0 radical (unpaired) electrons. The molecule has 3 rings (SSSR count). The highest BCUT2D eigenvalue weighted by Crippen LogP contribution is 2.40. The minimum absolute atomic E-state index is 0.0316. The fourth-order valence-corrected chi connectivity index (χ4v) is 3.44. The summed E-state index contributed by atoms with van der Waals surface area (Å²) in [6.45, 7) is 2.09. The lowest BCUT2D eigenvalue weighted by molar-refractivity contribution is 0.0576. The predicted octanol–water partition coefficient (Wildman–Crippen LogP) is 1.40. The Hall–Kier alpha value is -1.40. The molecular weight excluding hydrogens is 280 g/mol. The highest BCUT2D eigenvalue weighted by Gasteiger charge is 2.36. The molecule has 1 saturated heterocycles. The minimum atomic E-state index is 0.0316. The zero-order valence-electron chi connectivity index (χ0n) is 13.0. The topological polar surface area (TPSA) is 81.5 Å². The standard InChI is InChI=1S/C16H26N4O2/c21-9-13-4-1-2-7-20(13)15-8-14(18-12-19-15)17-10-16(11-22)5-3-6-16/h8,12-13,21-22H,1-7,9-11H2,(H,17,18,19)/t13-/m1/s1. The number of aromatic nitrogens is 2. The molecule has 1 aliphatic carbocycles. The average molecular weight is 306 g/mol. The molecule has 1 aliphatic heterocycles. The van der Waals surface area contributed by atoms with Gasteiger partial charge in [-0.05, 0) is 32.1 Å². The fraction of sp³-hybridized carbons (Fsp3) is 0.750. The molecular formula is C16H26N4O2. The van der Waals surface area contributed by atoms with Crippen LogP contribution in [0.2, 0.25) is 0 Å². The van der Waals surface area contributed by atoms with E-state index in [4.69, 9.17) is 0 Å². The first-order valence-electron chi connectivity index (χ1n) is 8.31. The molecule has 3 N–H and O–H groups in total. The predicted molar refractivity (Wildman–Crippen MR) is 86.0 cm³/mol. The molecule has 0 amide bonds. The van der Waals surface area contributed by atoms with Crippen LogP contribution in [0.1, 0.15) is 38.5 Å². The molecule has 0 bridgehead atoms. The highest BCUT2D eigenvalue weighted by molar-refractivity contribution is 5.49. The van der Waals surface area contributed by atoms with E-state index in [-0.39, 0.29) is 24.7 Å². The zero-order chi connectivity index (χ0) is 15.4. The Kier molecular flexibility index (Phi) is 4.78. The van der Waals surface area contributed by atoms with Crippen molar-refractivity contribution in [1.82, 2.24) is 9.97 Å². The van der Waals surface area contributed by atoms with Crippen molar-refractivity contribution < 1.29 is 10.2 Å². The summed E-state index contributed by atoms with van der Waals surface area (Å²) < 4.78 is 0. The number of hydrogen-bond acceptors (Lipinski definition) is 6. The maximum Gasteiger partial charge on any atom is 0.134 e. The molecule has 122 valence electrons. The quantitative estimate of drug-likeness (QED) is 0.737. The van der Waals surface area contributed by atoms with Crippen LogP contribution in [0.15, 0.2) is 12.4 Å². The maximum atomic E-state index is 9.55. The largest absolute Gasteiger partial charge is 0.396 e. The first-order chi connectivity index (χ1) is 10.8. The summed E-state index contributed by atoms with van der Waals surface area (Å²) in [5.41, 5.74) is 0.0316. The average Bonchev–Trinajstić information content (AvgIpc) is 2.54. The van der Waals surface area contributed by atoms with Gasteiger partial charge >= 0.3 is 0 Å². The van der Waals surface area contributed by atoms with Crippen molar-refractivity contribution in [2.24, 2.45) is 5.41 Å². The molecule has 1 atom stereocenters. The lowest BCUT2D eigenvalue weighted by Gasteiger charge is -2.40. The second-order valence-electron chi connectivity index (χ2n) is 6.65. The number of aliphatic hydroxyl groups excluding tert-OH is 2. The van der Waals surface area contributed by atoms with Gasteiger partial charge in [-0.2, -0.15) is 0 Å². The van der Waals surface area contributed by atoms with E-state index in [0.717, 1.165) is 56.8 Å². The number of nitrogens with one attached hydrogen (secondary N) is 1. The Morgan fingerprint density at radius 1 is 1.23 bits per heavy atom. The molecule has 0 unspecified atom stereocenters. The lowest BCUT2D eigenvalue weighted by Crippen LogP contribution is -2.42. The van der Waals surface area contributed by atoms with Gasteiger partial charge in [0.2, 0.25) is 0 Å². The third-order valence-corrected chi connectivity index (χ3v) is 5.18. The Labute approximate surface area is 131 Å². The van der Waals surface area contributed by atoms with E-state index >= 15 is 0 Å². The molecule has 6 heteroatoms. The summed E-state index contributed by atoms with van der Waals surface area (Å²) in [6.07, 6.45) is 8.24. The van der Waals surface area contributed by atoms with Crippen LogP contribution in [0, 0.1) is 5.41 Å². The summed E-state index contributed by atoms with van der Waals surface area (Å²) in [5, 5.41) is 22.4. The molecule has 1 aromatic rings. The molecule has 1 aromatic heterocycles. The molecule has 2 heterocycles. The summed E-state index contributed by atoms with van der Waals surface area (Å²) in [6, 6.07) is 2.12. The van der Waals surface area contributed by atoms with Crippen molar-refractivity contribution in [1.29, 1.82) is 0 Å². The van der Waals surface area contributed by atoms with E-state index in [1.807, 2.05) is 6.07 Å². The normalized spacial score (nSPS) is 23.9. The SMILES string of the molecule is OC[C@H]1CCCCN1c1cc(NCC2(CO)CCC2)ncn1. The van der Waals surface area contributed by atoms with Crippen LogP contribution < -0.4 is 10.2 Å². The first-order valence-corrected chi connectivity index (χ1v) is 8.31. The molecule has 2 fully saturated rings. The molecule has 6 nitrogen and oxygen atoms in total. The van der Waals surface area contributed by atoms with Crippen molar-refractivity contribution in [3.8, 4) is 0 Å². The van der Waals surface area contributed by atoms with Crippen LogP contribution in [0.25, 0.3) is 0 Å². The lowest BCUT2D eigenvalue weighted by atomic mass is 9.69. The van der Waals surface area contributed by atoms with Crippen molar-refractivity contribution in [3.05, 3.63) is 12.4 Å². The van der Waals surface area contributed by atoms with Gasteiger partial charge in [0.25, 0.3) is 0 Å². The molecule has 0 aromatic carbocycles. The van der Waals surface area contributed by atoms with E-state index in [1.54, 1.807) is 6.33 Å². The minimum Gasteiger partial charge on any atom is -0.396 e. The van der Waals surface area contributed by atoms with Gasteiger partial charge in [0.15, 0.2) is 0 Å². The van der Waals surface area contributed by atoms with Crippen LogP contribution in [-0.2, 0) is 0 Å². The number of piperidine rings is 1. The van der Waals surface area contributed by atoms with E-state index in [2.05, 4.69) is 20.2 Å². The first kappa shape index (κ1) is 15.5. The Bertz CT molecular complexity index is 487. The smallest absolute Gasteiger partial charge is 0.134 e. The summed E-state index contributed by atoms with van der Waals surface area (Å²) in [7, 11) is 0. The van der Waals surface area contributed by atoms with Gasteiger partial charge in [-0.3, -0.25) is 0 Å². The van der Waals surface area contributed by atoms with Crippen LogP contribution >= 0.6 is 0 Å². The highest BCUT2D eigenvalue weighted by atomic mass is 16.3. The van der Waals surface area contributed by atoms with Crippen LogP contribution in [0.4, 0.5) is 11.6 Å². The molecule has 2 aliphatic rings. The van der Waals surface area contributed by atoms with E-state index < -0.39 is 0 Å². The maximum absolute atomic E-state index is 9.55. The van der Waals surface area contributed by atoms with Crippen molar-refractivity contribution >= 4 is 11.6 Å². The number of anilines is 2.